The fourth-order valence-corrected chi connectivity index (χ4v) is 5.63. The van der Waals surface area contributed by atoms with Gasteiger partial charge in [0.15, 0.2) is 0 Å². The molecule has 0 saturated heterocycles. The summed E-state index contributed by atoms with van der Waals surface area (Å²) < 4.78 is 2.47. The highest BCUT2D eigenvalue weighted by Gasteiger charge is 2.31. The average molecular weight is 449 g/mol. The molecule has 0 bridgehead atoms. The smallest absolute Gasteiger partial charge is 0.144 e. The number of hydrogen-bond donors (Lipinski definition) is 0. The largest absolute Gasteiger partial charge is 0.296 e. The maximum atomic E-state index is 5.04. The number of fused-ring (bicyclic) bond motifs is 3. The van der Waals surface area contributed by atoms with Gasteiger partial charge in [0.2, 0.25) is 0 Å². The molecule has 0 N–H and O–H groups in total. The van der Waals surface area contributed by atoms with Crippen LogP contribution in [0.2, 0.25) is 0 Å². The summed E-state index contributed by atoms with van der Waals surface area (Å²) in [5.74, 6) is 1.43. The first-order valence-electron chi connectivity index (χ1n) is 12.8. The molecule has 0 spiro atoms. The average Bonchev–Trinajstić information content (AvgIpc) is 3.45. The molecule has 1 aliphatic rings. The number of imidazole rings is 1. The van der Waals surface area contributed by atoms with Crippen molar-refractivity contribution >= 4 is 0 Å². The zero-order valence-corrected chi connectivity index (χ0v) is 21.2. The van der Waals surface area contributed by atoms with E-state index in [9.17, 15) is 0 Å². The summed E-state index contributed by atoms with van der Waals surface area (Å²) in [5.41, 5.74) is 10.9. The highest BCUT2D eigenvalue weighted by Crippen LogP contribution is 2.45. The van der Waals surface area contributed by atoms with Crippen molar-refractivity contribution in [3.05, 3.63) is 95.3 Å². The molecule has 2 nitrogen and oxygen atoms in total. The molecule has 0 saturated carbocycles. The van der Waals surface area contributed by atoms with Crippen molar-refractivity contribution in [2.24, 2.45) is 0 Å². The second kappa shape index (κ2) is 8.91. The Morgan fingerprint density at radius 2 is 1.65 bits per heavy atom. The van der Waals surface area contributed by atoms with Crippen LogP contribution < -0.4 is 0 Å². The maximum absolute atomic E-state index is 5.04. The van der Waals surface area contributed by atoms with Crippen LogP contribution in [0.1, 0.15) is 82.2 Å². The first-order valence-corrected chi connectivity index (χ1v) is 12.8. The van der Waals surface area contributed by atoms with Crippen molar-refractivity contribution in [1.29, 1.82) is 0 Å². The minimum Gasteiger partial charge on any atom is -0.296 e. The third-order valence-electron chi connectivity index (χ3n) is 7.44. The molecular weight excluding hydrogens is 412 g/mol. The zero-order valence-electron chi connectivity index (χ0n) is 21.2. The van der Waals surface area contributed by atoms with E-state index < -0.39 is 0 Å². The minimum absolute atomic E-state index is 0.0290. The van der Waals surface area contributed by atoms with Crippen molar-refractivity contribution < 1.29 is 0 Å². The van der Waals surface area contributed by atoms with Gasteiger partial charge in [-0.05, 0) is 52.6 Å². The molecule has 1 heterocycles. The number of hydrogen-bond acceptors (Lipinski definition) is 1. The van der Waals surface area contributed by atoms with Crippen LogP contribution in [0.4, 0.5) is 0 Å². The fraction of sp³-hybridized carbons (Fsp3) is 0.344. The first-order chi connectivity index (χ1) is 16.4. The van der Waals surface area contributed by atoms with Gasteiger partial charge in [0.05, 0.1) is 5.69 Å². The number of benzene rings is 3. The topological polar surface area (TPSA) is 17.8 Å². The zero-order chi connectivity index (χ0) is 23.9. The van der Waals surface area contributed by atoms with Crippen molar-refractivity contribution in [3.63, 3.8) is 0 Å². The number of aromatic nitrogens is 2. The van der Waals surface area contributed by atoms with E-state index in [1.54, 1.807) is 0 Å². The van der Waals surface area contributed by atoms with Gasteiger partial charge >= 0.3 is 0 Å². The van der Waals surface area contributed by atoms with E-state index in [0.717, 1.165) is 24.2 Å². The highest BCUT2D eigenvalue weighted by molar-refractivity contribution is 5.83. The Morgan fingerprint density at radius 3 is 2.38 bits per heavy atom. The highest BCUT2D eigenvalue weighted by atomic mass is 15.1. The normalized spacial score (nSPS) is 12.8. The number of nitrogens with zero attached hydrogens (tertiary/aromatic N) is 2. The van der Waals surface area contributed by atoms with Gasteiger partial charge in [-0.1, -0.05) is 108 Å². The lowest BCUT2D eigenvalue weighted by molar-refractivity contribution is 0.439. The predicted molar refractivity (Wildman–Crippen MR) is 144 cm³/mol. The van der Waals surface area contributed by atoms with Crippen LogP contribution in [0.3, 0.4) is 0 Å². The Kier molecular flexibility index (Phi) is 5.93. The van der Waals surface area contributed by atoms with Crippen LogP contribution in [0.15, 0.2) is 72.9 Å². The Balaban J connectivity index is 1.80. The summed E-state index contributed by atoms with van der Waals surface area (Å²) in [6.07, 6.45) is 6.72. The lowest BCUT2D eigenvalue weighted by Crippen LogP contribution is -2.22. The number of unbranched alkanes of at least 4 members (excludes halogenated alkanes) is 1. The summed E-state index contributed by atoms with van der Waals surface area (Å²) >= 11 is 0. The SMILES string of the molecule is CCCCC(C)(C)c1cnc(-c2ccccc2)n1-c1ccc2c(c1C(C)C)-c1ccccc1C2. The van der Waals surface area contributed by atoms with Gasteiger partial charge in [-0.2, -0.15) is 0 Å². The molecular formula is C32H36N2. The van der Waals surface area contributed by atoms with Gasteiger partial charge in [-0.15, -0.1) is 0 Å². The summed E-state index contributed by atoms with van der Waals surface area (Å²) in [6.45, 7) is 11.7. The molecule has 5 rings (SSSR count). The van der Waals surface area contributed by atoms with E-state index in [1.807, 2.05) is 0 Å². The van der Waals surface area contributed by atoms with Crippen LogP contribution in [-0.4, -0.2) is 9.55 Å². The summed E-state index contributed by atoms with van der Waals surface area (Å²) in [7, 11) is 0. The van der Waals surface area contributed by atoms with Crippen LogP contribution >= 0.6 is 0 Å². The van der Waals surface area contributed by atoms with Crippen LogP contribution in [0, 0.1) is 0 Å². The van der Waals surface area contributed by atoms with E-state index in [4.69, 9.17) is 4.98 Å². The fourth-order valence-electron chi connectivity index (χ4n) is 5.63. The Morgan fingerprint density at radius 1 is 0.912 bits per heavy atom. The van der Waals surface area contributed by atoms with Gasteiger partial charge in [-0.3, -0.25) is 4.57 Å². The van der Waals surface area contributed by atoms with Crippen LogP contribution in [0.25, 0.3) is 28.2 Å². The van der Waals surface area contributed by atoms with Crippen LogP contribution in [0.5, 0.6) is 0 Å². The standard InChI is InChI=1S/C32H36N2/c1-6-7-19-32(4,5)28-21-33-31(23-13-9-8-10-14-23)34(28)27-18-17-25-20-24-15-11-12-16-26(24)30(25)29(27)22(2)3/h8-18,21-22H,6-7,19-20H2,1-5H3. The Hall–Kier alpha value is -3.13. The third kappa shape index (κ3) is 3.79. The molecule has 3 aromatic carbocycles. The minimum atomic E-state index is 0.0290. The second-order valence-electron chi connectivity index (χ2n) is 10.7. The van der Waals surface area contributed by atoms with Gasteiger partial charge in [0.1, 0.15) is 5.82 Å². The van der Waals surface area contributed by atoms with E-state index in [1.165, 1.54) is 52.0 Å². The monoisotopic (exact) mass is 448 g/mol. The van der Waals surface area contributed by atoms with E-state index in [0.29, 0.717) is 5.92 Å². The summed E-state index contributed by atoms with van der Waals surface area (Å²) in [4.78, 5) is 5.04. The van der Waals surface area contributed by atoms with Crippen molar-refractivity contribution in [3.8, 4) is 28.2 Å². The second-order valence-corrected chi connectivity index (χ2v) is 10.7. The molecule has 34 heavy (non-hydrogen) atoms. The van der Waals surface area contributed by atoms with Crippen molar-refractivity contribution in [2.45, 2.75) is 71.6 Å². The maximum Gasteiger partial charge on any atom is 0.144 e. The molecule has 174 valence electrons. The van der Waals surface area contributed by atoms with Crippen molar-refractivity contribution in [1.82, 2.24) is 9.55 Å². The quantitative estimate of drug-likeness (QED) is 0.243. The third-order valence-corrected chi connectivity index (χ3v) is 7.44. The predicted octanol–water partition coefficient (Wildman–Crippen LogP) is 8.70. The molecule has 0 amide bonds. The van der Waals surface area contributed by atoms with Gasteiger partial charge < -0.3 is 0 Å². The van der Waals surface area contributed by atoms with Crippen molar-refractivity contribution in [2.75, 3.05) is 0 Å². The molecule has 2 heteroatoms. The van der Waals surface area contributed by atoms with Gasteiger partial charge in [0, 0.05) is 22.9 Å². The summed E-state index contributed by atoms with van der Waals surface area (Å²) in [6, 6.07) is 24.3. The molecule has 1 aliphatic carbocycles. The molecule has 1 aromatic heterocycles. The van der Waals surface area contributed by atoms with Gasteiger partial charge in [-0.25, -0.2) is 4.98 Å². The van der Waals surface area contributed by atoms with Gasteiger partial charge in [0.25, 0.3) is 0 Å². The lowest BCUT2D eigenvalue weighted by atomic mass is 9.83. The Bertz CT molecular complexity index is 1310. The lowest BCUT2D eigenvalue weighted by Gasteiger charge is -2.29. The number of rotatable bonds is 7. The molecule has 0 unspecified atom stereocenters. The molecule has 0 aliphatic heterocycles. The molecule has 0 atom stereocenters. The van der Waals surface area contributed by atoms with E-state index in [2.05, 4.69) is 112 Å². The molecule has 0 radical (unpaired) electrons. The summed E-state index contributed by atoms with van der Waals surface area (Å²) in [5, 5.41) is 0. The Labute approximate surface area is 204 Å². The first kappa shape index (κ1) is 22.7. The van der Waals surface area contributed by atoms with Crippen LogP contribution in [-0.2, 0) is 11.8 Å². The molecule has 4 aromatic rings. The van der Waals surface area contributed by atoms with E-state index >= 15 is 0 Å². The van der Waals surface area contributed by atoms with E-state index in [-0.39, 0.29) is 5.41 Å². The molecule has 0 fully saturated rings.